The molecule has 0 bridgehead atoms. The van der Waals surface area contributed by atoms with Gasteiger partial charge in [-0.3, -0.25) is 9.59 Å². The number of hydrogen-bond acceptors (Lipinski definition) is 3. The third-order valence-corrected chi connectivity index (χ3v) is 5.95. The number of rotatable bonds is 17. The monoisotopic (exact) mass is 455 g/mol. The molecule has 0 saturated heterocycles. The molecule has 0 atom stereocenters. The van der Waals surface area contributed by atoms with Crippen molar-refractivity contribution < 1.29 is 24.6 Å². The number of aliphatic carboxylic acids is 1. The smallest absolute Gasteiger partial charge is 0.352 e. The summed E-state index contributed by atoms with van der Waals surface area (Å²) >= 11 is 0. The maximum atomic E-state index is 12.6. The van der Waals surface area contributed by atoms with Gasteiger partial charge in [0.05, 0.1) is 0 Å². The molecule has 1 aromatic carbocycles. The predicted molar refractivity (Wildman–Crippen MR) is 129 cm³/mol. The van der Waals surface area contributed by atoms with Gasteiger partial charge in [0.15, 0.2) is 5.78 Å². The molecule has 33 heavy (non-hydrogen) atoms. The molecule has 2 rings (SSSR count). The summed E-state index contributed by atoms with van der Waals surface area (Å²) in [5.41, 5.74) is 2.36. The van der Waals surface area contributed by atoms with Gasteiger partial charge in [0, 0.05) is 31.1 Å². The lowest BCUT2D eigenvalue weighted by Crippen LogP contribution is -2.08. The van der Waals surface area contributed by atoms with E-state index in [2.05, 4.69) is 6.92 Å². The van der Waals surface area contributed by atoms with Crippen molar-refractivity contribution in [2.45, 2.75) is 90.5 Å². The summed E-state index contributed by atoms with van der Waals surface area (Å²) < 4.78 is 1.60. The standard InChI is InChI=1S/C27H37NO5/c1-2-3-4-5-6-7-8-9-10-11-25(29)23-18-24(27(32)33)28(20-23)19-22-14-12-21(13-15-22)16-17-26(30)31/h12-15,18,20H,2-11,16-17,19H2,1H3,(H,30,31)(H,32,33). The van der Waals surface area contributed by atoms with Crippen LogP contribution in [-0.2, 0) is 17.8 Å². The van der Waals surface area contributed by atoms with Gasteiger partial charge < -0.3 is 14.8 Å². The van der Waals surface area contributed by atoms with Crippen LogP contribution in [0.5, 0.6) is 0 Å². The lowest BCUT2D eigenvalue weighted by atomic mass is 10.0. The van der Waals surface area contributed by atoms with Gasteiger partial charge >= 0.3 is 11.9 Å². The van der Waals surface area contributed by atoms with Crippen LogP contribution < -0.4 is 0 Å². The van der Waals surface area contributed by atoms with Crippen LogP contribution in [0.2, 0.25) is 0 Å². The summed E-state index contributed by atoms with van der Waals surface area (Å²) in [6, 6.07) is 8.93. The number of Topliss-reactive ketones (excluding diaryl/α,β-unsaturated/α-hetero) is 1. The second kappa shape index (κ2) is 14.3. The van der Waals surface area contributed by atoms with Crippen molar-refractivity contribution in [1.29, 1.82) is 0 Å². The van der Waals surface area contributed by atoms with Crippen LogP contribution in [0.25, 0.3) is 0 Å². The molecule has 0 unspecified atom stereocenters. The van der Waals surface area contributed by atoms with E-state index in [0.717, 1.165) is 30.4 Å². The third-order valence-electron chi connectivity index (χ3n) is 5.95. The van der Waals surface area contributed by atoms with E-state index in [4.69, 9.17) is 5.11 Å². The Morgan fingerprint density at radius 1 is 0.788 bits per heavy atom. The average molecular weight is 456 g/mol. The second-order valence-electron chi connectivity index (χ2n) is 8.76. The van der Waals surface area contributed by atoms with Crippen LogP contribution >= 0.6 is 0 Å². The summed E-state index contributed by atoms with van der Waals surface area (Å²) in [4.78, 5) is 35.0. The molecule has 0 amide bonds. The SMILES string of the molecule is CCCCCCCCCCCC(=O)c1cc(C(=O)O)n(Cc2ccc(CCC(=O)O)cc2)c1. The van der Waals surface area contributed by atoms with Crippen LogP contribution in [-0.4, -0.2) is 32.5 Å². The van der Waals surface area contributed by atoms with E-state index in [1.807, 2.05) is 24.3 Å². The fourth-order valence-electron chi connectivity index (χ4n) is 3.97. The van der Waals surface area contributed by atoms with Crippen LogP contribution in [0.1, 0.15) is 110 Å². The number of aryl methyl sites for hydroxylation is 1. The van der Waals surface area contributed by atoms with Crippen molar-refractivity contribution in [2.24, 2.45) is 0 Å². The Labute approximate surface area is 196 Å². The van der Waals surface area contributed by atoms with Crippen molar-refractivity contribution in [3.8, 4) is 0 Å². The first kappa shape index (κ1) is 26.4. The van der Waals surface area contributed by atoms with Crippen LogP contribution in [0.15, 0.2) is 36.5 Å². The van der Waals surface area contributed by atoms with E-state index in [-0.39, 0.29) is 17.9 Å². The molecule has 0 spiro atoms. The highest BCUT2D eigenvalue weighted by atomic mass is 16.4. The van der Waals surface area contributed by atoms with Gasteiger partial charge in [-0.15, -0.1) is 0 Å². The highest BCUT2D eigenvalue weighted by molar-refractivity contribution is 5.98. The Bertz CT molecular complexity index is 898. The molecular formula is C27H37NO5. The van der Waals surface area contributed by atoms with E-state index in [1.165, 1.54) is 44.6 Å². The number of aromatic nitrogens is 1. The number of benzene rings is 1. The predicted octanol–water partition coefficient (Wildman–Crippen LogP) is 6.36. The highest BCUT2D eigenvalue weighted by Gasteiger charge is 2.17. The third kappa shape index (κ3) is 9.64. The number of carbonyl (C=O) groups is 3. The number of nitrogens with zero attached hydrogens (tertiary/aromatic N) is 1. The zero-order chi connectivity index (χ0) is 24.1. The van der Waals surface area contributed by atoms with E-state index >= 15 is 0 Å². The van der Waals surface area contributed by atoms with Crippen molar-refractivity contribution in [3.05, 3.63) is 58.9 Å². The molecule has 0 aliphatic heterocycles. The Kier molecular flexibility index (Phi) is 11.4. The van der Waals surface area contributed by atoms with Crippen LogP contribution in [0.4, 0.5) is 0 Å². The highest BCUT2D eigenvalue weighted by Crippen LogP contribution is 2.17. The Morgan fingerprint density at radius 2 is 1.36 bits per heavy atom. The first-order chi connectivity index (χ1) is 15.9. The zero-order valence-electron chi connectivity index (χ0n) is 19.7. The largest absolute Gasteiger partial charge is 0.481 e. The van der Waals surface area contributed by atoms with Gasteiger partial charge in [0.1, 0.15) is 5.69 Å². The van der Waals surface area contributed by atoms with Gasteiger partial charge in [-0.1, -0.05) is 82.6 Å². The van der Waals surface area contributed by atoms with Crippen LogP contribution in [0, 0.1) is 0 Å². The summed E-state index contributed by atoms with van der Waals surface area (Å²) in [6.07, 6.45) is 13.3. The number of unbranched alkanes of at least 4 members (excludes halogenated alkanes) is 8. The molecule has 180 valence electrons. The van der Waals surface area contributed by atoms with Crippen molar-refractivity contribution in [1.82, 2.24) is 4.57 Å². The molecular weight excluding hydrogens is 418 g/mol. The number of carboxylic acid groups (broad SMARTS) is 2. The molecule has 6 nitrogen and oxygen atoms in total. The minimum atomic E-state index is -1.06. The number of carboxylic acids is 2. The summed E-state index contributed by atoms with van der Waals surface area (Å²) in [6.45, 7) is 2.56. The minimum absolute atomic E-state index is 0.0109. The van der Waals surface area contributed by atoms with Crippen molar-refractivity contribution >= 4 is 17.7 Å². The normalized spacial score (nSPS) is 10.9. The van der Waals surface area contributed by atoms with Gasteiger partial charge in [0.25, 0.3) is 0 Å². The quantitative estimate of drug-likeness (QED) is 0.214. The summed E-state index contributed by atoms with van der Waals surface area (Å²) in [7, 11) is 0. The average Bonchev–Trinajstić information content (AvgIpc) is 3.21. The summed E-state index contributed by atoms with van der Waals surface area (Å²) in [5.74, 6) is -1.91. The van der Waals surface area contributed by atoms with Gasteiger partial charge in [0.2, 0.25) is 0 Å². The molecule has 0 aliphatic carbocycles. The molecule has 0 fully saturated rings. The molecule has 0 radical (unpaired) electrons. The Morgan fingerprint density at radius 3 is 1.94 bits per heavy atom. The molecule has 1 heterocycles. The van der Waals surface area contributed by atoms with E-state index in [9.17, 15) is 19.5 Å². The number of ketones is 1. The fourth-order valence-corrected chi connectivity index (χ4v) is 3.97. The van der Waals surface area contributed by atoms with Gasteiger partial charge in [-0.25, -0.2) is 4.79 Å². The van der Waals surface area contributed by atoms with Crippen molar-refractivity contribution in [2.75, 3.05) is 0 Å². The number of carbonyl (C=O) groups excluding carboxylic acids is 1. The van der Waals surface area contributed by atoms with Gasteiger partial charge in [-0.05, 0) is 30.0 Å². The first-order valence-electron chi connectivity index (χ1n) is 12.2. The van der Waals surface area contributed by atoms with E-state index in [0.29, 0.717) is 24.9 Å². The molecule has 2 N–H and O–H groups in total. The van der Waals surface area contributed by atoms with Crippen LogP contribution in [0.3, 0.4) is 0 Å². The maximum absolute atomic E-state index is 12.6. The molecule has 2 aromatic rings. The molecule has 1 aromatic heterocycles. The molecule has 6 heteroatoms. The second-order valence-corrected chi connectivity index (χ2v) is 8.76. The summed E-state index contributed by atoms with van der Waals surface area (Å²) in [5, 5.41) is 18.4. The molecule has 0 saturated carbocycles. The lowest BCUT2D eigenvalue weighted by Gasteiger charge is -2.07. The fraction of sp³-hybridized carbons (Fsp3) is 0.519. The first-order valence-corrected chi connectivity index (χ1v) is 12.2. The zero-order valence-corrected chi connectivity index (χ0v) is 19.7. The Hall–Kier alpha value is -2.89. The minimum Gasteiger partial charge on any atom is -0.481 e. The molecule has 0 aliphatic rings. The van der Waals surface area contributed by atoms with Gasteiger partial charge in [-0.2, -0.15) is 0 Å². The Balaban J connectivity index is 1.86. The van der Waals surface area contributed by atoms with E-state index < -0.39 is 11.9 Å². The van der Waals surface area contributed by atoms with Crippen molar-refractivity contribution in [3.63, 3.8) is 0 Å². The maximum Gasteiger partial charge on any atom is 0.352 e. The number of hydrogen-bond donors (Lipinski definition) is 2. The topological polar surface area (TPSA) is 96.6 Å². The van der Waals surface area contributed by atoms with E-state index in [1.54, 1.807) is 10.8 Å². The number of aromatic carboxylic acids is 1. The lowest BCUT2D eigenvalue weighted by molar-refractivity contribution is -0.136.